The molecule has 1 heterocycles. The van der Waals surface area contributed by atoms with Crippen molar-refractivity contribution in [1.82, 2.24) is 20.6 Å². The molecule has 0 saturated heterocycles. The van der Waals surface area contributed by atoms with Crippen LogP contribution in [0.3, 0.4) is 0 Å². The van der Waals surface area contributed by atoms with Crippen LogP contribution in [0.25, 0.3) is 0 Å². The van der Waals surface area contributed by atoms with Gasteiger partial charge in [-0.05, 0) is 10.4 Å². The van der Waals surface area contributed by atoms with Crippen LogP contribution in [-0.4, -0.2) is 27.7 Å². The molecule has 1 rings (SSSR count). The first-order valence-electron chi connectivity index (χ1n) is 1.71. The third kappa shape index (κ3) is 0.648. The Labute approximate surface area is 39.7 Å². The number of aromatic amines is 1. The van der Waals surface area contributed by atoms with E-state index in [9.17, 15) is 0 Å². The van der Waals surface area contributed by atoms with Crippen molar-refractivity contribution in [2.45, 2.75) is 0 Å². The second-order valence-electron chi connectivity index (χ2n) is 0.911. The van der Waals surface area contributed by atoms with Crippen molar-refractivity contribution >= 4 is 0 Å². The molecule has 0 aliphatic carbocycles. The lowest BCUT2D eigenvalue weighted by atomic mass is 11.2. The van der Waals surface area contributed by atoms with Crippen molar-refractivity contribution in [3.63, 3.8) is 0 Å². The summed E-state index contributed by atoms with van der Waals surface area (Å²) in [6.45, 7) is 0. The van der Waals surface area contributed by atoms with Gasteiger partial charge in [0.15, 0.2) is 0 Å². The van der Waals surface area contributed by atoms with Gasteiger partial charge in [-0.3, -0.25) is 0 Å². The lowest BCUT2D eigenvalue weighted by Gasteiger charge is -1.82. The summed E-state index contributed by atoms with van der Waals surface area (Å²) < 4.78 is 4.56. The predicted molar refractivity (Wildman–Crippen MR) is 20.7 cm³/mol. The molecule has 1 aromatic rings. The van der Waals surface area contributed by atoms with Crippen LogP contribution in [-0.2, 0) is 0 Å². The first-order valence-corrected chi connectivity index (χ1v) is 1.71. The molecule has 1 aromatic heterocycles. The maximum atomic E-state index is 4.56. The van der Waals surface area contributed by atoms with Gasteiger partial charge in [0, 0.05) is 0 Å². The van der Waals surface area contributed by atoms with Crippen molar-refractivity contribution in [2.24, 2.45) is 0 Å². The Bertz CT molecular complexity index is 124. The molecule has 0 radical (unpaired) electrons. The van der Waals surface area contributed by atoms with E-state index >= 15 is 0 Å². The Morgan fingerprint density at radius 2 is 2.57 bits per heavy atom. The largest absolute Gasteiger partial charge is 0.466 e. The summed E-state index contributed by atoms with van der Waals surface area (Å²) >= 11 is 0. The Balaban J connectivity index is 2.76. The lowest BCUT2D eigenvalue weighted by Crippen LogP contribution is -1.82. The number of methoxy groups -OCH3 is 1. The molecular formula is C2H4N4O. The number of rotatable bonds is 1. The average Bonchev–Trinajstić information content (AvgIpc) is 2.14. The SMILES string of the molecule is COc1nnn[nH]1. The molecule has 1 N–H and O–H groups in total. The Morgan fingerprint density at radius 1 is 1.71 bits per heavy atom. The van der Waals surface area contributed by atoms with Gasteiger partial charge in [-0.2, -0.15) is 0 Å². The highest BCUT2D eigenvalue weighted by molar-refractivity contribution is 4.78. The number of hydrogen-bond donors (Lipinski definition) is 1. The van der Waals surface area contributed by atoms with Crippen molar-refractivity contribution in [3.05, 3.63) is 0 Å². The van der Waals surface area contributed by atoms with Crippen molar-refractivity contribution in [1.29, 1.82) is 0 Å². The van der Waals surface area contributed by atoms with E-state index in [-0.39, 0.29) is 0 Å². The molecule has 5 heteroatoms. The summed E-state index contributed by atoms with van der Waals surface area (Å²) in [5.41, 5.74) is 0. The molecule has 0 atom stereocenters. The number of hydrogen-bond acceptors (Lipinski definition) is 4. The van der Waals surface area contributed by atoms with Crippen LogP contribution in [0.1, 0.15) is 0 Å². The summed E-state index contributed by atoms with van der Waals surface area (Å²) in [6.07, 6.45) is 0. The van der Waals surface area contributed by atoms with Gasteiger partial charge in [-0.1, -0.05) is 5.10 Å². The molecule has 5 nitrogen and oxygen atoms in total. The molecule has 0 fully saturated rings. The zero-order valence-corrected chi connectivity index (χ0v) is 3.75. The highest BCUT2D eigenvalue weighted by Crippen LogP contribution is 1.88. The molecule has 0 aliphatic heterocycles. The fraction of sp³-hybridized carbons (Fsp3) is 0.500. The highest BCUT2D eigenvalue weighted by atomic mass is 16.5. The number of aromatic nitrogens is 4. The summed E-state index contributed by atoms with van der Waals surface area (Å²) in [7, 11) is 1.49. The van der Waals surface area contributed by atoms with Gasteiger partial charge in [0.2, 0.25) is 0 Å². The van der Waals surface area contributed by atoms with E-state index in [1.807, 2.05) is 0 Å². The fourth-order valence-electron chi connectivity index (χ4n) is 0.237. The molecule has 0 spiro atoms. The number of H-pyrrole nitrogens is 1. The number of nitrogens with one attached hydrogen (secondary N) is 1. The smallest absolute Gasteiger partial charge is 0.332 e. The minimum atomic E-state index is 0.333. The average molecular weight is 100 g/mol. The normalized spacial score (nSPS) is 8.71. The topological polar surface area (TPSA) is 63.7 Å². The van der Waals surface area contributed by atoms with Gasteiger partial charge in [0.05, 0.1) is 7.11 Å². The summed E-state index contributed by atoms with van der Waals surface area (Å²) in [5.74, 6) is 0. The van der Waals surface area contributed by atoms with Crippen molar-refractivity contribution in [2.75, 3.05) is 7.11 Å². The number of ether oxygens (including phenoxy) is 1. The fourth-order valence-corrected chi connectivity index (χ4v) is 0.237. The second-order valence-corrected chi connectivity index (χ2v) is 0.911. The molecule has 0 bridgehead atoms. The number of nitrogens with zero attached hydrogens (tertiary/aromatic N) is 3. The molecule has 0 saturated carbocycles. The Hall–Kier alpha value is -1.13. The van der Waals surface area contributed by atoms with Gasteiger partial charge in [0.1, 0.15) is 0 Å². The van der Waals surface area contributed by atoms with E-state index in [0.29, 0.717) is 6.01 Å². The van der Waals surface area contributed by atoms with Crippen LogP contribution < -0.4 is 4.74 Å². The van der Waals surface area contributed by atoms with E-state index in [4.69, 9.17) is 0 Å². The van der Waals surface area contributed by atoms with Crippen molar-refractivity contribution < 1.29 is 4.74 Å². The van der Waals surface area contributed by atoms with Crippen LogP contribution >= 0.6 is 0 Å². The van der Waals surface area contributed by atoms with E-state index in [1.165, 1.54) is 7.11 Å². The number of tetrazole rings is 1. The van der Waals surface area contributed by atoms with Crippen molar-refractivity contribution in [3.8, 4) is 6.01 Å². The van der Waals surface area contributed by atoms with E-state index in [2.05, 4.69) is 25.4 Å². The maximum Gasteiger partial charge on any atom is 0.332 e. The maximum absolute atomic E-state index is 4.56. The van der Waals surface area contributed by atoms with Gasteiger partial charge in [-0.15, -0.1) is 0 Å². The molecule has 7 heavy (non-hydrogen) atoms. The second kappa shape index (κ2) is 1.55. The molecule has 0 aliphatic rings. The van der Waals surface area contributed by atoms with Gasteiger partial charge in [0.25, 0.3) is 0 Å². The van der Waals surface area contributed by atoms with Gasteiger partial charge < -0.3 is 4.74 Å². The minimum Gasteiger partial charge on any atom is -0.466 e. The predicted octanol–water partition coefficient (Wildman–Crippen LogP) is -0.792. The van der Waals surface area contributed by atoms with E-state index in [0.717, 1.165) is 0 Å². The minimum absolute atomic E-state index is 0.333. The first kappa shape index (κ1) is 4.04. The molecule has 0 aromatic carbocycles. The summed E-state index contributed by atoms with van der Waals surface area (Å²) in [4.78, 5) is 0. The van der Waals surface area contributed by atoms with Crippen LogP contribution in [0.5, 0.6) is 6.01 Å². The Morgan fingerprint density at radius 3 is 2.86 bits per heavy atom. The third-order valence-corrected chi connectivity index (χ3v) is 0.519. The van der Waals surface area contributed by atoms with Crippen LogP contribution in [0, 0.1) is 0 Å². The first-order chi connectivity index (χ1) is 3.43. The Kier molecular flexibility index (Phi) is 0.892. The molecular weight excluding hydrogens is 96.0 g/mol. The summed E-state index contributed by atoms with van der Waals surface area (Å²) in [5, 5.41) is 12.3. The third-order valence-electron chi connectivity index (χ3n) is 0.519. The monoisotopic (exact) mass is 100 g/mol. The molecule has 0 amide bonds. The quantitative estimate of drug-likeness (QED) is 0.502. The molecule has 0 unspecified atom stereocenters. The standard InChI is InChI=1S/C2H4N4O/c1-7-2-3-5-6-4-2/h1H3,(H,3,4,5,6). The van der Waals surface area contributed by atoms with Crippen LogP contribution in [0.2, 0.25) is 0 Å². The van der Waals surface area contributed by atoms with E-state index < -0.39 is 0 Å². The zero-order chi connectivity index (χ0) is 5.11. The highest BCUT2D eigenvalue weighted by Gasteiger charge is 1.87. The molecule has 38 valence electrons. The van der Waals surface area contributed by atoms with E-state index in [1.54, 1.807) is 0 Å². The zero-order valence-electron chi connectivity index (χ0n) is 3.75. The van der Waals surface area contributed by atoms with Crippen LogP contribution in [0.4, 0.5) is 0 Å². The summed E-state index contributed by atoms with van der Waals surface area (Å²) in [6, 6.07) is 0.333. The van der Waals surface area contributed by atoms with Gasteiger partial charge in [-0.25, -0.2) is 5.10 Å². The van der Waals surface area contributed by atoms with Gasteiger partial charge >= 0.3 is 6.01 Å². The van der Waals surface area contributed by atoms with Crippen LogP contribution in [0.15, 0.2) is 0 Å². The lowest BCUT2D eigenvalue weighted by molar-refractivity contribution is 0.380.